The molecule has 3 heterocycles. The molecular weight excluding hydrogens is 550 g/mol. The number of nitrogens with zero attached hydrogens (tertiary/aromatic N) is 4. The van der Waals surface area contributed by atoms with E-state index in [4.69, 9.17) is 9.73 Å². The quantitative estimate of drug-likeness (QED) is 0.333. The molecule has 2 aromatic heterocycles. The Morgan fingerprint density at radius 2 is 1.71 bits per heavy atom. The molecule has 212 valence electrons. The van der Waals surface area contributed by atoms with Gasteiger partial charge in [-0.1, -0.05) is 47.7 Å². The molecule has 0 radical (unpaired) electrons. The highest BCUT2D eigenvalue weighted by atomic mass is 32.1. The van der Waals surface area contributed by atoms with Gasteiger partial charge in [0.25, 0.3) is 11.5 Å². The topological polar surface area (TPSA) is 99.6 Å². The Morgan fingerprint density at radius 1 is 1.00 bits per heavy atom. The van der Waals surface area contributed by atoms with Gasteiger partial charge in [-0.05, 0) is 67.4 Å². The fraction of sp³-hybridized carbons (Fsp3) is 0.188. The Hall–Kier alpha value is -4.96. The van der Waals surface area contributed by atoms with Crippen molar-refractivity contribution < 1.29 is 9.53 Å². The van der Waals surface area contributed by atoms with Crippen LogP contribution in [0.25, 0.3) is 17.1 Å². The molecular formula is C32H29N5O4S. The second-order valence-electron chi connectivity index (χ2n) is 10.1. The summed E-state index contributed by atoms with van der Waals surface area (Å²) in [5.41, 5.74) is 4.33. The van der Waals surface area contributed by atoms with Crippen molar-refractivity contribution in [1.82, 2.24) is 13.7 Å². The maximum atomic E-state index is 14.0. The number of allylic oxidation sites excluding steroid dienone is 1. The highest BCUT2D eigenvalue weighted by Crippen LogP contribution is 2.31. The summed E-state index contributed by atoms with van der Waals surface area (Å²) in [6.07, 6.45) is 1.80. The zero-order valence-electron chi connectivity index (χ0n) is 23.6. The number of anilines is 1. The normalized spacial score (nSPS) is 15.0. The van der Waals surface area contributed by atoms with Crippen molar-refractivity contribution in [1.29, 1.82) is 0 Å². The first kappa shape index (κ1) is 27.2. The summed E-state index contributed by atoms with van der Waals surface area (Å²) in [7, 11) is 3.46. The van der Waals surface area contributed by atoms with Crippen LogP contribution in [0, 0.1) is 0 Å². The Morgan fingerprint density at radius 3 is 2.43 bits per heavy atom. The number of fused-ring (bicyclic) bond motifs is 2. The van der Waals surface area contributed by atoms with Gasteiger partial charge in [0.15, 0.2) is 4.80 Å². The Balaban J connectivity index is 1.50. The van der Waals surface area contributed by atoms with Gasteiger partial charge < -0.3 is 10.1 Å². The third kappa shape index (κ3) is 4.69. The van der Waals surface area contributed by atoms with E-state index in [1.807, 2.05) is 79.7 Å². The molecule has 0 spiro atoms. The summed E-state index contributed by atoms with van der Waals surface area (Å²) in [6, 6.07) is 21.6. The van der Waals surface area contributed by atoms with Crippen molar-refractivity contribution in [2.75, 3.05) is 11.9 Å². The zero-order valence-corrected chi connectivity index (χ0v) is 24.4. The molecule has 10 heteroatoms. The molecule has 9 nitrogen and oxygen atoms in total. The standard InChI is InChI=1S/C32H29N5O4S/c1-5-41-23-14-12-21(13-15-23)28-27(29(38)34-22-9-7-6-8-10-22)19(2)33-31-37(28)30(39)26(42-31)18-20-11-16-24-25(17-20)36(4)32(40)35(24)3/h6-18,28H,5H2,1-4H3,(H,34,38)/b26-18+. The Labute approximate surface area is 245 Å². The zero-order chi connectivity index (χ0) is 29.5. The van der Waals surface area contributed by atoms with E-state index in [2.05, 4.69) is 5.32 Å². The van der Waals surface area contributed by atoms with Crippen molar-refractivity contribution in [2.24, 2.45) is 19.1 Å². The van der Waals surface area contributed by atoms with E-state index in [-0.39, 0.29) is 17.2 Å². The van der Waals surface area contributed by atoms with Gasteiger partial charge in [0.05, 0.1) is 39.5 Å². The number of aryl methyl sites for hydroxylation is 2. The van der Waals surface area contributed by atoms with Crippen LogP contribution in [-0.2, 0) is 18.9 Å². The van der Waals surface area contributed by atoms with Crippen LogP contribution in [0.15, 0.2) is 98.6 Å². The Kier molecular flexibility index (Phi) is 6.99. The number of carbonyl (C=O) groups is 1. The van der Waals surface area contributed by atoms with Crippen LogP contribution < -0.4 is 30.6 Å². The number of nitrogens with one attached hydrogen (secondary N) is 1. The van der Waals surface area contributed by atoms with E-state index >= 15 is 0 Å². The number of hydrogen-bond donors (Lipinski definition) is 1. The molecule has 0 bridgehead atoms. The van der Waals surface area contributed by atoms with Crippen LogP contribution in [-0.4, -0.2) is 26.2 Å². The van der Waals surface area contributed by atoms with Crippen molar-refractivity contribution >= 4 is 40.0 Å². The average Bonchev–Trinajstić information content (AvgIpc) is 3.40. The lowest BCUT2D eigenvalue weighted by atomic mass is 9.95. The molecule has 1 N–H and O–H groups in total. The van der Waals surface area contributed by atoms with Crippen LogP contribution in [0.4, 0.5) is 5.69 Å². The number of hydrogen-bond acceptors (Lipinski definition) is 6. The van der Waals surface area contributed by atoms with E-state index in [0.29, 0.717) is 38.6 Å². The second-order valence-corrected chi connectivity index (χ2v) is 11.1. The lowest BCUT2D eigenvalue weighted by Gasteiger charge is -2.25. The predicted octanol–water partition coefficient (Wildman–Crippen LogP) is 3.46. The summed E-state index contributed by atoms with van der Waals surface area (Å²) in [4.78, 5) is 45.4. The van der Waals surface area contributed by atoms with Gasteiger partial charge in [0.2, 0.25) is 0 Å². The van der Waals surface area contributed by atoms with E-state index in [1.54, 1.807) is 40.8 Å². The minimum Gasteiger partial charge on any atom is -0.494 e. The number of thiazole rings is 1. The van der Waals surface area contributed by atoms with Gasteiger partial charge in [0.1, 0.15) is 5.75 Å². The number of carbonyl (C=O) groups excluding carboxylic acids is 1. The maximum absolute atomic E-state index is 14.0. The van der Waals surface area contributed by atoms with Crippen molar-refractivity contribution in [3.8, 4) is 5.75 Å². The van der Waals surface area contributed by atoms with Crippen LogP contribution >= 0.6 is 11.3 Å². The molecule has 6 rings (SSSR count). The average molecular weight is 580 g/mol. The number of imidazole rings is 1. The number of rotatable bonds is 6. The predicted molar refractivity (Wildman–Crippen MR) is 165 cm³/mol. The van der Waals surface area contributed by atoms with Gasteiger partial charge in [0, 0.05) is 19.8 Å². The molecule has 5 aromatic rings. The minimum atomic E-state index is -0.694. The molecule has 0 saturated heterocycles. The molecule has 1 aliphatic heterocycles. The molecule has 0 aliphatic carbocycles. The number of aromatic nitrogens is 3. The summed E-state index contributed by atoms with van der Waals surface area (Å²) in [5, 5.41) is 2.97. The van der Waals surface area contributed by atoms with Crippen LogP contribution in [0.5, 0.6) is 5.75 Å². The third-order valence-corrected chi connectivity index (χ3v) is 8.38. The van der Waals surface area contributed by atoms with Crippen molar-refractivity contribution in [3.63, 3.8) is 0 Å². The van der Waals surface area contributed by atoms with E-state index in [0.717, 1.165) is 22.2 Å². The maximum Gasteiger partial charge on any atom is 0.328 e. The highest BCUT2D eigenvalue weighted by Gasteiger charge is 2.32. The molecule has 0 fully saturated rings. The third-order valence-electron chi connectivity index (χ3n) is 7.40. The molecule has 1 aliphatic rings. The minimum absolute atomic E-state index is 0.117. The molecule has 1 amide bonds. The van der Waals surface area contributed by atoms with Crippen molar-refractivity contribution in [3.05, 3.63) is 125 Å². The van der Waals surface area contributed by atoms with Gasteiger partial charge in [-0.15, -0.1) is 0 Å². The van der Waals surface area contributed by atoms with Crippen LogP contribution in [0.1, 0.15) is 31.0 Å². The lowest BCUT2D eigenvalue weighted by molar-refractivity contribution is -0.113. The SMILES string of the molecule is CCOc1ccc(C2C(C(=O)Nc3ccccc3)=C(C)N=c3s/c(=C/c4ccc5c(c4)n(C)c(=O)n5C)c(=O)n32)cc1. The molecule has 1 atom stereocenters. The first-order valence-corrected chi connectivity index (χ1v) is 14.4. The van der Waals surface area contributed by atoms with E-state index in [1.165, 1.54) is 11.3 Å². The lowest BCUT2D eigenvalue weighted by Crippen LogP contribution is -2.40. The Bertz CT molecular complexity index is 2120. The van der Waals surface area contributed by atoms with Crippen LogP contribution in [0.3, 0.4) is 0 Å². The number of ether oxygens (including phenoxy) is 1. The summed E-state index contributed by atoms with van der Waals surface area (Å²) in [6.45, 7) is 4.24. The molecule has 1 unspecified atom stereocenters. The fourth-order valence-corrected chi connectivity index (χ4v) is 6.37. The number of benzene rings is 3. The fourth-order valence-electron chi connectivity index (χ4n) is 5.33. The second kappa shape index (κ2) is 10.8. The monoisotopic (exact) mass is 579 g/mol. The van der Waals surface area contributed by atoms with Crippen molar-refractivity contribution in [2.45, 2.75) is 19.9 Å². The summed E-state index contributed by atoms with van der Waals surface area (Å²) in [5.74, 6) is 0.376. The summed E-state index contributed by atoms with van der Waals surface area (Å²) >= 11 is 1.27. The van der Waals surface area contributed by atoms with Gasteiger partial charge in [-0.3, -0.25) is 23.3 Å². The largest absolute Gasteiger partial charge is 0.494 e. The van der Waals surface area contributed by atoms with Gasteiger partial charge in [-0.2, -0.15) is 0 Å². The number of amides is 1. The first-order chi connectivity index (χ1) is 20.3. The molecule has 3 aromatic carbocycles. The molecule has 0 saturated carbocycles. The highest BCUT2D eigenvalue weighted by molar-refractivity contribution is 7.07. The first-order valence-electron chi connectivity index (χ1n) is 13.5. The van der Waals surface area contributed by atoms with E-state index in [9.17, 15) is 14.4 Å². The van der Waals surface area contributed by atoms with Crippen LogP contribution in [0.2, 0.25) is 0 Å². The van der Waals surface area contributed by atoms with Gasteiger partial charge in [-0.25, -0.2) is 9.79 Å². The smallest absolute Gasteiger partial charge is 0.328 e. The molecule has 42 heavy (non-hydrogen) atoms. The van der Waals surface area contributed by atoms with Gasteiger partial charge >= 0.3 is 5.69 Å². The number of para-hydroxylation sites is 1. The summed E-state index contributed by atoms with van der Waals surface area (Å²) < 4.78 is 10.9. The van der Waals surface area contributed by atoms with E-state index < -0.39 is 6.04 Å².